The molecule has 10 heteroatoms. The number of hydrogen-bond donors (Lipinski definition) is 2. The van der Waals surface area contributed by atoms with Gasteiger partial charge in [-0.15, -0.1) is 0 Å². The summed E-state index contributed by atoms with van der Waals surface area (Å²) in [5.41, 5.74) is 1.34. The van der Waals surface area contributed by atoms with Gasteiger partial charge in [0.05, 0.1) is 36.6 Å². The van der Waals surface area contributed by atoms with Gasteiger partial charge in [0.1, 0.15) is 35.7 Å². The third kappa shape index (κ3) is 4.44. The molecule has 1 amide bonds. The van der Waals surface area contributed by atoms with E-state index >= 15 is 0 Å². The fourth-order valence-electron chi connectivity index (χ4n) is 4.34. The van der Waals surface area contributed by atoms with Gasteiger partial charge < -0.3 is 24.4 Å². The highest BCUT2D eigenvalue weighted by Crippen LogP contribution is 2.46. The molecule has 2 heterocycles. The Bertz CT molecular complexity index is 1540. The number of aliphatic hydroxyl groups excluding tert-OH is 2. The summed E-state index contributed by atoms with van der Waals surface area (Å²) >= 11 is 1.23. The fourth-order valence-corrected chi connectivity index (χ4v) is 5.37. The summed E-state index contributed by atoms with van der Waals surface area (Å²) in [5.74, 6) is -0.440. The van der Waals surface area contributed by atoms with Crippen molar-refractivity contribution in [3.63, 3.8) is 0 Å². The van der Waals surface area contributed by atoms with Crippen molar-refractivity contribution in [3.8, 4) is 17.2 Å². The van der Waals surface area contributed by atoms with Crippen molar-refractivity contribution in [2.75, 3.05) is 32.3 Å². The Morgan fingerprint density at radius 3 is 2.42 bits per heavy atom. The van der Waals surface area contributed by atoms with Crippen LogP contribution >= 0.6 is 11.3 Å². The maximum Gasteiger partial charge on any atom is 0.301 e. The van der Waals surface area contributed by atoms with Crippen LogP contribution in [0, 0.1) is 0 Å². The molecule has 1 fully saturated rings. The Balaban J connectivity index is 1.72. The summed E-state index contributed by atoms with van der Waals surface area (Å²) in [7, 11) is 3.08. The maximum atomic E-state index is 13.5. The van der Waals surface area contributed by atoms with E-state index in [4.69, 9.17) is 14.2 Å². The van der Waals surface area contributed by atoms with E-state index in [9.17, 15) is 19.8 Å². The Morgan fingerprint density at radius 1 is 1.00 bits per heavy atom. The predicted molar refractivity (Wildman–Crippen MR) is 143 cm³/mol. The first-order chi connectivity index (χ1) is 18.5. The van der Waals surface area contributed by atoms with Crippen molar-refractivity contribution in [2.24, 2.45) is 0 Å². The van der Waals surface area contributed by atoms with E-state index in [1.54, 1.807) is 73.8 Å². The quantitative estimate of drug-likeness (QED) is 0.196. The molecule has 194 valence electrons. The van der Waals surface area contributed by atoms with Crippen LogP contribution in [0.4, 0.5) is 5.13 Å². The van der Waals surface area contributed by atoms with Crippen molar-refractivity contribution in [1.82, 2.24) is 4.98 Å². The van der Waals surface area contributed by atoms with Gasteiger partial charge >= 0.3 is 5.91 Å². The molecule has 38 heavy (non-hydrogen) atoms. The summed E-state index contributed by atoms with van der Waals surface area (Å²) in [4.78, 5) is 32.9. The fraction of sp³-hybridized carbons (Fsp3) is 0.179. The zero-order valence-corrected chi connectivity index (χ0v) is 21.4. The van der Waals surface area contributed by atoms with Gasteiger partial charge in [0.25, 0.3) is 5.78 Å². The van der Waals surface area contributed by atoms with Gasteiger partial charge in [0, 0.05) is 11.1 Å². The number of fused-ring (bicyclic) bond motifs is 1. The van der Waals surface area contributed by atoms with Gasteiger partial charge in [0.2, 0.25) is 0 Å². The third-order valence-corrected chi connectivity index (χ3v) is 7.18. The monoisotopic (exact) mass is 532 g/mol. The number of anilines is 1. The van der Waals surface area contributed by atoms with Crippen LogP contribution in [0.2, 0.25) is 0 Å². The molecular formula is C28H24N2O7S. The number of ketones is 1. The molecular weight excluding hydrogens is 508 g/mol. The lowest BCUT2D eigenvalue weighted by Gasteiger charge is -2.24. The number of aromatic nitrogens is 1. The van der Waals surface area contributed by atoms with Crippen LogP contribution < -0.4 is 19.1 Å². The molecule has 0 saturated carbocycles. The molecule has 4 aromatic rings. The molecule has 2 N–H and O–H groups in total. The number of nitrogens with zero attached hydrogens (tertiary/aromatic N) is 2. The lowest BCUT2D eigenvalue weighted by Crippen LogP contribution is -2.29. The van der Waals surface area contributed by atoms with E-state index in [1.807, 2.05) is 0 Å². The van der Waals surface area contributed by atoms with Crippen molar-refractivity contribution in [2.45, 2.75) is 6.04 Å². The molecule has 1 aromatic heterocycles. The number of para-hydroxylation sites is 1. The zero-order valence-electron chi connectivity index (χ0n) is 20.6. The number of carbonyl (C=O) groups is 2. The number of rotatable bonds is 8. The van der Waals surface area contributed by atoms with Gasteiger partial charge in [-0.05, 0) is 48.5 Å². The van der Waals surface area contributed by atoms with Crippen LogP contribution in [-0.4, -0.2) is 54.3 Å². The van der Waals surface area contributed by atoms with Crippen molar-refractivity contribution in [1.29, 1.82) is 0 Å². The number of benzene rings is 3. The number of ether oxygens (including phenoxy) is 3. The third-order valence-electron chi connectivity index (χ3n) is 6.16. The van der Waals surface area contributed by atoms with E-state index in [-0.39, 0.29) is 29.7 Å². The number of carbonyl (C=O) groups excluding carboxylic acids is 2. The van der Waals surface area contributed by atoms with E-state index in [0.29, 0.717) is 33.9 Å². The molecule has 0 radical (unpaired) electrons. The minimum absolute atomic E-state index is 0.00999. The lowest BCUT2D eigenvalue weighted by molar-refractivity contribution is -0.132. The van der Waals surface area contributed by atoms with Gasteiger partial charge in [-0.3, -0.25) is 14.5 Å². The number of aliphatic hydroxyl groups is 2. The largest absolute Gasteiger partial charge is 0.507 e. The highest BCUT2D eigenvalue weighted by atomic mass is 32.1. The second-order valence-corrected chi connectivity index (χ2v) is 9.35. The van der Waals surface area contributed by atoms with Gasteiger partial charge in [-0.25, -0.2) is 4.98 Å². The number of methoxy groups -OCH3 is 2. The Kier molecular flexibility index (Phi) is 6.99. The van der Waals surface area contributed by atoms with Gasteiger partial charge in [-0.1, -0.05) is 29.5 Å². The van der Waals surface area contributed by atoms with E-state index in [0.717, 1.165) is 4.70 Å². The molecule has 0 spiro atoms. The van der Waals surface area contributed by atoms with Crippen molar-refractivity contribution < 1.29 is 34.0 Å². The van der Waals surface area contributed by atoms with Crippen LogP contribution in [0.1, 0.15) is 17.2 Å². The summed E-state index contributed by atoms with van der Waals surface area (Å²) < 4.78 is 17.0. The first kappa shape index (κ1) is 25.2. The Labute approximate surface area is 222 Å². The summed E-state index contributed by atoms with van der Waals surface area (Å²) in [6.45, 7) is -0.212. The van der Waals surface area contributed by atoms with Gasteiger partial charge in [-0.2, -0.15) is 0 Å². The van der Waals surface area contributed by atoms with E-state index in [1.165, 1.54) is 23.3 Å². The second kappa shape index (κ2) is 10.5. The Morgan fingerprint density at radius 2 is 1.71 bits per heavy atom. The SMILES string of the molecule is COc1ccc(C(O)=C2C(=O)C(=O)N(c3nc4ccc(OC)cc4s3)C2c2ccccc2OCCO)cc1. The van der Waals surface area contributed by atoms with Crippen molar-refractivity contribution in [3.05, 3.63) is 83.4 Å². The molecule has 1 saturated heterocycles. The molecule has 1 aliphatic heterocycles. The van der Waals surface area contributed by atoms with Crippen LogP contribution in [0.5, 0.6) is 17.2 Å². The number of thiazole rings is 1. The van der Waals surface area contributed by atoms with Crippen LogP contribution in [0.15, 0.2) is 72.3 Å². The average Bonchev–Trinajstić information content (AvgIpc) is 3.49. The Hall–Kier alpha value is -4.41. The molecule has 0 aliphatic carbocycles. The normalized spacial score (nSPS) is 16.7. The predicted octanol–water partition coefficient (Wildman–Crippen LogP) is 4.31. The highest BCUT2D eigenvalue weighted by molar-refractivity contribution is 7.22. The van der Waals surface area contributed by atoms with Gasteiger partial charge in [0.15, 0.2) is 5.13 Å². The molecule has 5 rings (SSSR count). The first-order valence-electron chi connectivity index (χ1n) is 11.7. The minimum atomic E-state index is -1.03. The smallest absolute Gasteiger partial charge is 0.301 e. The highest BCUT2D eigenvalue weighted by Gasteiger charge is 2.49. The second-order valence-electron chi connectivity index (χ2n) is 8.34. The van der Waals surface area contributed by atoms with Crippen molar-refractivity contribution >= 4 is 44.1 Å². The van der Waals surface area contributed by atoms with Crippen LogP contribution in [0.25, 0.3) is 16.0 Å². The maximum absolute atomic E-state index is 13.5. The number of amides is 1. The molecule has 9 nitrogen and oxygen atoms in total. The summed E-state index contributed by atoms with van der Waals surface area (Å²) in [6, 6.07) is 17.7. The summed E-state index contributed by atoms with van der Waals surface area (Å²) in [5, 5.41) is 21.0. The zero-order chi connectivity index (χ0) is 26.8. The number of hydrogen-bond acceptors (Lipinski definition) is 9. The standard InChI is InChI=1S/C28H24N2O7S/c1-35-17-9-7-16(8-10-17)25(32)23-24(19-5-3-4-6-21(19)37-14-13-31)30(27(34)26(23)33)28-29-20-12-11-18(36-2)15-22(20)38-28/h3-12,15,24,31-32H,13-14H2,1-2H3. The minimum Gasteiger partial charge on any atom is -0.507 e. The van der Waals surface area contributed by atoms with Crippen LogP contribution in [-0.2, 0) is 9.59 Å². The van der Waals surface area contributed by atoms with Crippen LogP contribution in [0.3, 0.4) is 0 Å². The first-order valence-corrected chi connectivity index (χ1v) is 12.5. The topological polar surface area (TPSA) is 118 Å². The molecule has 1 unspecified atom stereocenters. The molecule has 1 atom stereocenters. The average molecular weight is 533 g/mol. The molecule has 3 aromatic carbocycles. The van der Waals surface area contributed by atoms with E-state index < -0.39 is 17.7 Å². The molecule has 0 bridgehead atoms. The lowest BCUT2D eigenvalue weighted by atomic mass is 9.94. The molecule has 1 aliphatic rings. The summed E-state index contributed by atoms with van der Waals surface area (Å²) in [6.07, 6.45) is 0. The van der Waals surface area contributed by atoms with E-state index in [2.05, 4.69) is 4.98 Å². The number of Topliss-reactive ketones (excluding diaryl/α,β-unsaturated/α-hetero) is 1.